The Morgan fingerprint density at radius 1 is 1.36 bits per heavy atom. The molecule has 0 spiro atoms. The van der Waals surface area contributed by atoms with E-state index in [4.69, 9.17) is 5.11 Å². The molecule has 0 aliphatic rings. The van der Waals surface area contributed by atoms with E-state index < -0.39 is 10.9 Å². The van der Waals surface area contributed by atoms with Crippen LogP contribution in [0, 0.1) is 10.1 Å². The molecule has 1 aromatic rings. The Morgan fingerprint density at radius 3 is 2.21 bits per heavy atom. The maximum Gasteiger partial charge on any atom is 1.00 e. The van der Waals surface area contributed by atoms with Crippen LogP contribution in [0.15, 0.2) is 24.3 Å². The number of aromatic carboxylic acids is 1. The number of para-hydroxylation sites is 1. The second-order valence-corrected chi connectivity index (χ2v) is 2.08. The molecular formula is C7H6NNaO5. The zero-order chi connectivity index (χ0) is 9.14. The fraction of sp³-hybridized carbons (Fsp3) is 0. The summed E-state index contributed by atoms with van der Waals surface area (Å²) in [6, 6.07) is 5.21. The summed E-state index contributed by atoms with van der Waals surface area (Å²) >= 11 is 0. The van der Waals surface area contributed by atoms with Gasteiger partial charge in [0.15, 0.2) is 0 Å². The normalized spacial score (nSPS) is 8.00. The molecule has 7 heteroatoms. The number of carbonyl (C=O) groups is 1. The van der Waals surface area contributed by atoms with Crippen LogP contribution in [0.1, 0.15) is 10.4 Å². The topological polar surface area (TPSA) is 110 Å². The van der Waals surface area contributed by atoms with E-state index in [1.807, 2.05) is 0 Å². The Kier molecular flexibility index (Phi) is 7.20. The minimum Gasteiger partial charge on any atom is -0.870 e. The monoisotopic (exact) mass is 207 g/mol. The molecule has 14 heavy (non-hydrogen) atoms. The second-order valence-electron chi connectivity index (χ2n) is 2.08. The smallest absolute Gasteiger partial charge is 0.870 e. The number of nitrogens with zero attached hydrogens (tertiary/aromatic N) is 1. The minimum atomic E-state index is -1.29. The summed E-state index contributed by atoms with van der Waals surface area (Å²) in [7, 11) is 0. The SMILES string of the molecule is O=C(O)c1ccccc1[N+](=O)[O-].[Na+].[OH-]. The summed E-state index contributed by atoms with van der Waals surface area (Å²) in [6.07, 6.45) is 0. The van der Waals surface area contributed by atoms with Crippen molar-refractivity contribution in [3.8, 4) is 0 Å². The molecule has 70 valence electrons. The molecule has 0 heterocycles. The van der Waals surface area contributed by atoms with Gasteiger partial charge in [-0.15, -0.1) is 0 Å². The van der Waals surface area contributed by atoms with Crippen molar-refractivity contribution in [2.45, 2.75) is 0 Å². The van der Waals surface area contributed by atoms with Gasteiger partial charge in [0, 0.05) is 6.07 Å². The largest absolute Gasteiger partial charge is 1.00 e. The van der Waals surface area contributed by atoms with Crippen LogP contribution in [0.4, 0.5) is 5.69 Å². The van der Waals surface area contributed by atoms with Gasteiger partial charge in [0.05, 0.1) is 4.92 Å². The van der Waals surface area contributed by atoms with Crippen molar-refractivity contribution in [2.24, 2.45) is 0 Å². The maximum atomic E-state index is 10.4. The van der Waals surface area contributed by atoms with Crippen molar-refractivity contribution in [1.82, 2.24) is 0 Å². The molecule has 6 nitrogen and oxygen atoms in total. The predicted molar refractivity (Wildman–Crippen MR) is 42.0 cm³/mol. The van der Waals surface area contributed by atoms with Crippen LogP contribution in [0.3, 0.4) is 0 Å². The average molecular weight is 207 g/mol. The zero-order valence-electron chi connectivity index (χ0n) is 7.38. The van der Waals surface area contributed by atoms with Gasteiger partial charge in [-0.2, -0.15) is 0 Å². The van der Waals surface area contributed by atoms with Crippen LogP contribution in [0.2, 0.25) is 0 Å². The first-order valence-electron chi connectivity index (χ1n) is 3.09. The summed E-state index contributed by atoms with van der Waals surface area (Å²) in [6.45, 7) is 0. The van der Waals surface area contributed by atoms with Crippen molar-refractivity contribution in [2.75, 3.05) is 0 Å². The first-order valence-corrected chi connectivity index (χ1v) is 3.09. The second kappa shape index (κ2) is 6.50. The Morgan fingerprint density at radius 2 is 1.86 bits per heavy atom. The molecule has 0 unspecified atom stereocenters. The van der Waals surface area contributed by atoms with Crippen LogP contribution >= 0.6 is 0 Å². The fourth-order valence-electron chi connectivity index (χ4n) is 0.814. The van der Waals surface area contributed by atoms with Gasteiger partial charge >= 0.3 is 35.5 Å². The molecule has 0 atom stereocenters. The molecule has 0 radical (unpaired) electrons. The van der Waals surface area contributed by atoms with E-state index in [1.165, 1.54) is 18.2 Å². The molecule has 0 aliphatic carbocycles. The molecule has 1 aromatic carbocycles. The summed E-state index contributed by atoms with van der Waals surface area (Å²) < 4.78 is 0. The van der Waals surface area contributed by atoms with Gasteiger partial charge in [0.25, 0.3) is 5.69 Å². The number of benzene rings is 1. The number of carboxylic acid groups (broad SMARTS) is 1. The standard InChI is InChI=1S/C7H5NO4.Na.H2O/c9-7(10)5-3-1-2-4-6(5)8(11)12;;/h1-4H,(H,9,10);;1H2/q;+1;/p-1. The van der Waals surface area contributed by atoms with E-state index in [0.717, 1.165) is 6.07 Å². The van der Waals surface area contributed by atoms with Crippen LogP contribution in [-0.4, -0.2) is 21.5 Å². The number of nitro benzene ring substituents is 1. The first-order chi connectivity index (χ1) is 5.63. The van der Waals surface area contributed by atoms with Crippen LogP contribution < -0.4 is 29.6 Å². The number of carboxylic acids is 1. The number of nitro groups is 1. The van der Waals surface area contributed by atoms with Crippen molar-refractivity contribution in [3.63, 3.8) is 0 Å². The molecule has 1 rings (SSSR count). The minimum absolute atomic E-state index is 0. The molecule has 0 fully saturated rings. The third kappa shape index (κ3) is 3.43. The van der Waals surface area contributed by atoms with Gasteiger partial charge in [0.2, 0.25) is 0 Å². The molecule has 0 aliphatic heterocycles. The van der Waals surface area contributed by atoms with Gasteiger partial charge in [-0.05, 0) is 6.07 Å². The van der Waals surface area contributed by atoms with E-state index in [0.29, 0.717) is 0 Å². The van der Waals surface area contributed by atoms with Crippen molar-refractivity contribution in [1.29, 1.82) is 0 Å². The molecule has 0 aromatic heterocycles. The molecular weight excluding hydrogens is 201 g/mol. The van der Waals surface area contributed by atoms with E-state index in [2.05, 4.69) is 0 Å². The molecule has 0 saturated heterocycles. The predicted octanol–water partition coefficient (Wildman–Crippen LogP) is -1.88. The summed E-state index contributed by atoms with van der Waals surface area (Å²) in [5, 5.41) is 18.8. The molecule has 0 saturated carbocycles. The zero-order valence-corrected chi connectivity index (χ0v) is 9.38. The van der Waals surface area contributed by atoms with E-state index in [-0.39, 0.29) is 46.3 Å². The van der Waals surface area contributed by atoms with E-state index in [1.54, 1.807) is 0 Å². The van der Waals surface area contributed by atoms with Crippen molar-refractivity contribution in [3.05, 3.63) is 39.9 Å². The van der Waals surface area contributed by atoms with Crippen LogP contribution in [-0.2, 0) is 0 Å². The molecule has 0 bridgehead atoms. The molecule has 2 N–H and O–H groups in total. The van der Waals surface area contributed by atoms with E-state index >= 15 is 0 Å². The Bertz CT molecular complexity index is 308. The van der Waals surface area contributed by atoms with E-state index in [9.17, 15) is 14.9 Å². The first kappa shape index (κ1) is 15.5. The van der Waals surface area contributed by atoms with Gasteiger partial charge in [-0.3, -0.25) is 10.1 Å². The average Bonchev–Trinajstić information content (AvgIpc) is 2.04. The van der Waals surface area contributed by atoms with Gasteiger partial charge < -0.3 is 10.6 Å². The summed E-state index contributed by atoms with van der Waals surface area (Å²) in [5.41, 5.74) is -0.674. The molecule has 0 amide bonds. The fourth-order valence-corrected chi connectivity index (χ4v) is 0.814. The van der Waals surface area contributed by atoms with Crippen molar-refractivity contribution < 1.29 is 49.9 Å². The number of rotatable bonds is 2. The Labute approximate surface area is 101 Å². The quantitative estimate of drug-likeness (QED) is 0.346. The van der Waals surface area contributed by atoms with Crippen LogP contribution in [0.25, 0.3) is 0 Å². The number of hydrogen-bond acceptors (Lipinski definition) is 4. The van der Waals surface area contributed by atoms with Gasteiger partial charge in [0.1, 0.15) is 5.56 Å². The van der Waals surface area contributed by atoms with Gasteiger partial charge in [-0.25, -0.2) is 4.79 Å². The number of hydrogen-bond donors (Lipinski definition) is 1. The van der Waals surface area contributed by atoms with Crippen molar-refractivity contribution >= 4 is 11.7 Å². The Hall–Kier alpha value is -0.950. The third-order valence-corrected chi connectivity index (χ3v) is 1.33. The van der Waals surface area contributed by atoms with Gasteiger partial charge in [-0.1, -0.05) is 12.1 Å². The maximum absolute atomic E-state index is 10.4. The Balaban J connectivity index is 0. The summed E-state index contributed by atoms with van der Waals surface area (Å²) in [4.78, 5) is 20.0. The van der Waals surface area contributed by atoms with Crippen LogP contribution in [0.5, 0.6) is 0 Å². The third-order valence-electron chi connectivity index (χ3n) is 1.33. The summed E-state index contributed by atoms with van der Waals surface area (Å²) in [5.74, 6) is -1.29.